The van der Waals surface area contributed by atoms with Crippen molar-refractivity contribution in [2.45, 2.75) is 19.9 Å². The molecule has 0 aliphatic carbocycles. The zero-order valence-electron chi connectivity index (χ0n) is 13.3. The number of imide groups is 1. The standard InChI is InChI=1S/C19H17ClN2O2/c1-2-13-8-10-15(11-9-13)21-17-16(20)18(23)22(19(17)24)12-14-6-4-3-5-7-14/h3-11,21H,2,12H2,1H3. The Morgan fingerprint density at radius 1 is 0.917 bits per heavy atom. The maximum absolute atomic E-state index is 12.6. The lowest BCUT2D eigenvalue weighted by Gasteiger charge is -2.15. The second-order valence-electron chi connectivity index (χ2n) is 5.55. The van der Waals surface area contributed by atoms with Gasteiger partial charge in [0, 0.05) is 5.69 Å². The van der Waals surface area contributed by atoms with Gasteiger partial charge < -0.3 is 5.32 Å². The third kappa shape index (κ3) is 3.19. The molecule has 0 saturated heterocycles. The van der Waals surface area contributed by atoms with Crippen LogP contribution >= 0.6 is 11.6 Å². The molecule has 0 radical (unpaired) electrons. The molecule has 4 nitrogen and oxygen atoms in total. The topological polar surface area (TPSA) is 49.4 Å². The number of rotatable bonds is 5. The van der Waals surface area contributed by atoms with Crippen LogP contribution in [0, 0.1) is 0 Å². The molecule has 3 rings (SSSR count). The van der Waals surface area contributed by atoms with Crippen LogP contribution in [0.4, 0.5) is 5.69 Å². The maximum Gasteiger partial charge on any atom is 0.279 e. The highest BCUT2D eigenvalue weighted by Gasteiger charge is 2.37. The van der Waals surface area contributed by atoms with E-state index in [4.69, 9.17) is 11.6 Å². The van der Waals surface area contributed by atoms with Crippen molar-refractivity contribution in [1.29, 1.82) is 0 Å². The van der Waals surface area contributed by atoms with E-state index in [1.165, 1.54) is 5.56 Å². The first-order chi connectivity index (χ1) is 11.6. The zero-order chi connectivity index (χ0) is 17.1. The first kappa shape index (κ1) is 16.3. The number of nitrogens with zero attached hydrogens (tertiary/aromatic N) is 1. The minimum Gasteiger partial charge on any atom is -0.350 e. The van der Waals surface area contributed by atoms with E-state index in [-0.39, 0.29) is 17.3 Å². The zero-order valence-corrected chi connectivity index (χ0v) is 14.0. The first-order valence-corrected chi connectivity index (χ1v) is 8.13. The average molecular weight is 341 g/mol. The summed E-state index contributed by atoms with van der Waals surface area (Å²) < 4.78 is 0. The van der Waals surface area contributed by atoms with Crippen LogP contribution in [0.2, 0.25) is 0 Å². The second kappa shape index (κ2) is 6.89. The number of benzene rings is 2. The smallest absolute Gasteiger partial charge is 0.279 e. The molecule has 0 bridgehead atoms. The Balaban J connectivity index is 1.78. The predicted octanol–water partition coefficient (Wildman–Crippen LogP) is 3.68. The van der Waals surface area contributed by atoms with Crippen LogP contribution < -0.4 is 5.32 Å². The van der Waals surface area contributed by atoms with Gasteiger partial charge in [-0.3, -0.25) is 14.5 Å². The van der Waals surface area contributed by atoms with Gasteiger partial charge in [0.05, 0.1) is 6.54 Å². The normalized spacial score (nSPS) is 14.5. The van der Waals surface area contributed by atoms with Crippen LogP contribution in [0.25, 0.3) is 0 Å². The van der Waals surface area contributed by atoms with Gasteiger partial charge >= 0.3 is 0 Å². The number of amides is 2. The number of halogens is 1. The predicted molar refractivity (Wildman–Crippen MR) is 94.3 cm³/mol. The molecule has 0 atom stereocenters. The molecule has 24 heavy (non-hydrogen) atoms. The molecule has 122 valence electrons. The quantitative estimate of drug-likeness (QED) is 0.845. The van der Waals surface area contributed by atoms with Crippen LogP contribution in [0.5, 0.6) is 0 Å². The minimum absolute atomic E-state index is 0.0736. The van der Waals surface area contributed by atoms with Gasteiger partial charge in [0.2, 0.25) is 0 Å². The molecule has 0 aromatic heterocycles. The fourth-order valence-electron chi connectivity index (χ4n) is 2.53. The molecule has 2 aromatic rings. The Morgan fingerprint density at radius 3 is 2.21 bits per heavy atom. The Kier molecular flexibility index (Phi) is 4.67. The highest BCUT2D eigenvalue weighted by atomic mass is 35.5. The SMILES string of the molecule is CCc1ccc(NC2=C(Cl)C(=O)N(Cc3ccccc3)C2=O)cc1. The van der Waals surface area contributed by atoms with E-state index in [2.05, 4.69) is 12.2 Å². The monoisotopic (exact) mass is 340 g/mol. The van der Waals surface area contributed by atoms with Gasteiger partial charge in [-0.05, 0) is 29.7 Å². The van der Waals surface area contributed by atoms with Crippen molar-refractivity contribution in [3.63, 3.8) is 0 Å². The summed E-state index contributed by atoms with van der Waals surface area (Å²) in [5.41, 5.74) is 2.92. The van der Waals surface area contributed by atoms with Gasteiger partial charge in [0.15, 0.2) is 0 Å². The number of hydrogen-bond acceptors (Lipinski definition) is 3. The summed E-state index contributed by atoms with van der Waals surface area (Å²) in [6.45, 7) is 2.27. The lowest BCUT2D eigenvalue weighted by molar-refractivity contribution is -0.138. The van der Waals surface area contributed by atoms with Gasteiger partial charge in [-0.25, -0.2) is 0 Å². The van der Waals surface area contributed by atoms with Crippen LogP contribution in [-0.4, -0.2) is 16.7 Å². The van der Waals surface area contributed by atoms with E-state index in [0.29, 0.717) is 0 Å². The Bertz CT molecular complexity index is 798. The van der Waals surface area contributed by atoms with Crippen molar-refractivity contribution >= 4 is 29.1 Å². The summed E-state index contributed by atoms with van der Waals surface area (Å²) in [5.74, 6) is -0.883. The fourth-order valence-corrected chi connectivity index (χ4v) is 2.76. The summed E-state index contributed by atoms with van der Waals surface area (Å²) in [7, 11) is 0. The van der Waals surface area contributed by atoms with Crippen LogP contribution in [0.3, 0.4) is 0 Å². The van der Waals surface area contributed by atoms with Gasteiger partial charge in [0.1, 0.15) is 10.7 Å². The molecule has 0 saturated carbocycles. The molecule has 1 aliphatic rings. The van der Waals surface area contributed by atoms with E-state index in [0.717, 1.165) is 22.6 Å². The summed E-state index contributed by atoms with van der Waals surface area (Å²) in [6.07, 6.45) is 0.937. The van der Waals surface area contributed by atoms with Gasteiger partial charge in [-0.15, -0.1) is 0 Å². The number of carbonyl (C=O) groups excluding carboxylic acids is 2. The molecule has 2 aromatic carbocycles. The van der Waals surface area contributed by atoms with Crippen molar-refractivity contribution in [3.8, 4) is 0 Å². The third-order valence-corrected chi connectivity index (χ3v) is 4.28. The Labute approximate surface area is 145 Å². The number of aryl methyl sites for hydroxylation is 1. The summed E-state index contributed by atoms with van der Waals surface area (Å²) in [4.78, 5) is 26.0. The van der Waals surface area contributed by atoms with Crippen molar-refractivity contribution < 1.29 is 9.59 Å². The van der Waals surface area contributed by atoms with Crippen LogP contribution in [0.1, 0.15) is 18.1 Å². The lowest BCUT2D eigenvalue weighted by Crippen LogP contribution is -2.31. The molecule has 0 fully saturated rings. The highest BCUT2D eigenvalue weighted by Crippen LogP contribution is 2.27. The van der Waals surface area contributed by atoms with Crippen molar-refractivity contribution in [2.24, 2.45) is 0 Å². The largest absolute Gasteiger partial charge is 0.350 e. The van der Waals surface area contributed by atoms with Crippen molar-refractivity contribution in [3.05, 3.63) is 76.5 Å². The van der Waals surface area contributed by atoms with Crippen molar-refractivity contribution in [2.75, 3.05) is 5.32 Å². The van der Waals surface area contributed by atoms with E-state index >= 15 is 0 Å². The highest BCUT2D eigenvalue weighted by molar-refractivity contribution is 6.48. The van der Waals surface area contributed by atoms with Crippen molar-refractivity contribution in [1.82, 2.24) is 4.90 Å². The molecular weight excluding hydrogens is 324 g/mol. The summed E-state index contributed by atoms with van der Waals surface area (Å²) in [6, 6.07) is 17.0. The Hall–Kier alpha value is -2.59. The number of hydrogen-bond donors (Lipinski definition) is 1. The van der Waals surface area contributed by atoms with Crippen LogP contribution in [0.15, 0.2) is 65.3 Å². The van der Waals surface area contributed by atoms with E-state index in [1.54, 1.807) is 0 Å². The molecule has 0 spiro atoms. The molecule has 1 heterocycles. The number of carbonyl (C=O) groups is 2. The molecule has 2 amide bonds. The molecule has 5 heteroatoms. The van der Waals surface area contributed by atoms with Gasteiger partial charge in [-0.1, -0.05) is 61.0 Å². The van der Waals surface area contributed by atoms with E-state index in [9.17, 15) is 9.59 Å². The second-order valence-corrected chi connectivity index (χ2v) is 5.92. The van der Waals surface area contributed by atoms with Gasteiger partial charge in [0.25, 0.3) is 11.8 Å². The average Bonchev–Trinajstić information content (AvgIpc) is 2.81. The first-order valence-electron chi connectivity index (χ1n) is 7.76. The van der Waals surface area contributed by atoms with E-state index in [1.807, 2.05) is 54.6 Å². The lowest BCUT2D eigenvalue weighted by atomic mass is 10.1. The molecule has 1 aliphatic heterocycles. The Morgan fingerprint density at radius 2 is 1.58 bits per heavy atom. The fraction of sp³-hybridized carbons (Fsp3) is 0.158. The third-order valence-electron chi connectivity index (χ3n) is 3.93. The summed E-state index contributed by atoms with van der Waals surface area (Å²) >= 11 is 6.10. The summed E-state index contributed by atoms with van der Waals surface area (Å²) in [5, 5.41) is 2.90. The number of nitrogens with one attached hydrogen (secondary N) is 1. The van der Waals surface area contributed by atoms with Gasteiger partial charge in [-0.2, -0.15) is 0 Å². The van der Waals surface area contributed by atoms with E-state index < -0.39 is 11.8 Å². The molecule has 0 unspecified atom stereocenters. The molecular formula is C19H17ClN2O2. The maximum atomic E-state index is 12.6. The number of anilines is 1. The molecule has 1 N–H and O–H groups in total. The van der Waals surface area contributed by atoms with Crippen LogP contribution in [-0.2, 0) is 22.6 Å². The minimum atomic E-state index is -0.474.